The monoisotopic (exact) mass is 956 g/mol. The zero-order valence-electron chi connectivity index (χ0n) is 33.9. The second-order valence-electron chi connectivity index (χ2n) is 13.8. The topological polar surface area (TPSA) is 203 Å². The summed E-state index contributed by atoms with van der Waals surface area (Å²) in [5.74, 6) is 0.373. The van der Waals surface area contributed by atoms with Crippen LogP contribution in [0.1, 0.15) is 14.9 Å². The maximum Gasteiger partial charge on any atom is 0.292 e. The summed E-state index contributed by atoms with van der Waals surface area (Å²) < 4.78 is 83.5. The van der Waals surface area contributed by atoms with Gasteiger partial charge in [-0.15, -0.1) is 31.7 Å². The Labute approximate surface area is 375 Å². The van der Waals surface area contributed by atoms with Crippen molar-refractivity contribution in [1.82, 2.24) is 30.2 Å². The number of amides is 2. The normalized spacial score (nSPS) is 14.4. The molecular weight excluding hydrogens is 916 g/mol. The molecule has 0 radical (unpaired) electrons. The molecule has 0 aliphatic carbocycles. The van der Waals surface area contributed by atoms with Gasteiger partial charge in [0.1, 0.15) is 15.8 Å². The number of aromatic nitrogens is 4. The van der Waals surface area contributed by atoms with Crippen LogP contribution in [0, 0.1) is 6.92 Å². The van der Waals surface area contributed by atoms with E-state index in [0.29, 0.717) is 74.7 Å². The van der Waals surface area contributed by atoms with Crippen molar-refractivity contribution in [2.24, 2.45) is 0 Å². The zero-order chi connectivity index (χ0) is 44.6. The number of nitrogens with one attached hydrogen (secondary N) is 1. The van der Waals surface area contributed by atoms with E-state index in [2.05, 4.69) is 25.1 Å². The lowest BCUT2D eigenvalue weighted by molar-refractivity contribution is -0.135. The molecule has 3 aromatic carbocycles. The number of benzene rings is 3. The van der Waals surface area contributed by atoms with Gasteiger partial charge in [0.25, 0.3) is 25.2 Å². The standard InChI is InChI=1S/C21H21FN4O5S2.C19H20N4O4S3/c1-30-18-5-3-2-4-17(18)15-6-8-16(9-7-15)33(28,29)26(22)21-24-23-19(32-21)14-20(27)25-10-12-31-13-11-25;1-13-2-7-16(28-13)14-3-5-15(6-4-14)30(25,26)22-19-21-20-17(29-19)12-18(24)23-8-10-27-11-9-23/h2-9H,10-14H2,1H3;2-7H,8-12H2,1H3,(H,21,22). The first-order chi connectivity index (χ1) is 30.3. The molecule has 2 amide bonds. The lowest BCUT2D eigenvalue weighted by Crippen LogP contribution is -2.41. The lowest BCUT2D eigenvalue weighted by atomic mass is 10.1. The van der Waals surface area contributed by atoms with Crippen LogP contribution in [0.25, 0.3) is 21.6 Å². The fourth-order valence-corrected chi connectivity index (χ4v) is 11.1. The number of thiophene rings is 1. The second kappa shape index (κ2) is 20.4. The van der Waals surface area contributed by atoms with Crippen molar-refractivity contribution in [2.45, 2.75) is 29.6 Å². The van der Waals surface area contributed by atoms with E-state index in [0.717, 1.165) is 32.9 Å². The number of hydrogen-bond acceptors (Lipinski definition) is 16. The van der Waals surface area contributed by atoms with E-state index in [-0.39, 0.29) is 44.6 Å². The van der Waals surface area contributed by atoms with Gasteiger partial charge < -0.3 is 24.0 Å². The van der Waals surface area contributed by atoms with E-state index in [1.54, 1.807) is 70.7 Å². The summed E-state index contributed by atoms with van der Waals surface area (Å²) in [5, 5.41) is 15.6. The molecule has 8 rings (SSSR count). The highest BCUT2D eigenvalue weighted by molar-refractivity contribution is 7.93. The summed E-state index contributed by atoms with van der Waals surface area (Å²) in [5.41, 5.74) is 2.46. The van der Waals surface area contributed by atoms with E-state index in [4.69, 9.17) is 14.2 Å². The van der Waals surface area contributed by atoms with Gasteiger partial charge in [0, 0.05) is 41.5 Å². The molecule has 17 nitrogen and oxygen atoms in total. The van der Waals surface area contributed by atoms with Gasteiger partial charge in [-0.1, -0.05) is 74.1 Å². The number of nitrogens with zero attached hydrogens (tertiary/aromatic N) is 7. The molecule has 0 saturated carbocycles. The average Bonchev–Trinajstić information content (AvgIpc) is 4.08. The molecule has 6 aromatic rings. The van der Waals surface area contributed by atoms with Crippen molar-refractivity contribution in [1.29, 1.82) is 0 Å². The van der Waals surface area contributed by atoms with Gasteiger partial charge in [-0.3, -0.25) is 14.3 Å². The molecule has 2 saturated heterocycles. The molecule has 0 spiro atoms. The van der Waals surface area contributed by atoms with Crippen molar-refractivity contribution in [2.75, 3.05) is 69.0 Å². The summed E-state index contributed by atoms with van der Waals surface area (Å²) in [6.45, 7) is 6.05. The number of aryl methyl sites for hydroxylation is 1. The Morgan fingerprint density at radius 3 is 1.86 bits per heavy atom. The van der Waals surface area contributed by atoms with Gasteiger partial charge in [-0.25, -0.2) is 8.42 Å². The molecule has 2 aliphatic rings. The Bertz CT molecular complexity index is 2740. The van der Waals surface area contributed by atoms with Crippen LogP contribution in [0.4, 0.5) is 14.7 Å². The van der Waals surface area contributed by atoms with E-state index >= 15 is 0 Å². The number of carbonyl (C=O) groups excluding carboxylic acids is 2. The summed E-state index contributed by atoms with van der Waals surface area (Å²) >= 11 is 3.43. The minimum Gasteiger partial charge on any atom is -0.496 e. The molecule has 0 bridgehead atoms. The number of morpholine rings is 2. The van der Waals surface area contributed by atoms with E-state index < -0.39 is 29.7 Å². The van der Waals surface area contributed by atoms with E-state index in [9.17, 15) is 30.9 Å². The maximum absolute atomic E-state index is 14.9. The third-order valence-electron chi connectivity index (χ3n) is 9.60. The van der Waals surface area contributed by atoms with Crippen LogP contribution in [-0.4, -0.2) is 119 Å². The third-order valence-corrected chi connectivity index (χ3v) is 15.4. The fourth-order valence-electron chi connectivity index (χ4n) is 6.31. The Hall–Kier alpha value is -5.43. The Morgan fingerprint density at radius 2 is 1.27 bits per heavy atom. The van der Waals surface area contributed by atoms with E-state index in [1.807, 2.05) is 37.3 Å². The van der Waals surface area contributed by atoms with Crippen LogP contribution in [0.5, 0.6) is 5.75 Å². The molecule has 1 N–H and O–H groups in total. The molecule has 23 heteroatoms. The highest BCUT2D eigenvalue weighted by Crippen LogP contribution is 2.33. The van der Waals surface area contributed by atoms with Crippen LogP contribution in [0.3, 0.4) is 0 Å². The molecule has 5 heterocycles. The number of sulfonamides is 2. The first-order valence-corrected chi connectivity index (χ1v) is 24.7. The molecule has 332 valence electrons. The fraction of sp³-hybridized carbons (Fsp3) is 0.300. The van der Waals surface area contributed by atoms with Crippen LogP contribution in [0.2, 0.25) is 0 Å². The first kappa shape index (κ1) is 45.6. The Kier molecular flexibility index (Phi) is 14.8. The predicted octanol–water partition coefficient (Wildman–Crippen LogP) is 5.47. The van der Waals surface area contributed by atoms with Crippen LogP contribution >= 0.6 is 34.0 Å². The molecule has 63 heavy (non-hydrogen) atoms. The molecule has 2 aliphatic heterocycles. The first-order valence-electron chi connectivity index (χ1n) is 19.3. The second-order valence-corrected chi connectivity index (χ2v) is 20.6. The maximum atomic E-state index is 14.9. The van der Waals surface area contributed by atoms with Crippen molar-refractivity contribution in [3.8, 4) is 27.3 Å². The summed E-state index contributed by atoms with van der Waals surface area (Å²) in [6.07, 6.45) is 0.00742. The molecule has 0 atom stereocenters. The van der Waals surface area contributed by atoms with Gasteiger partial charge in [0.2, 0.25) is 16.9 Å². The lowest BCUT2D eigenvalue weighted by Gasteiger charge is -2.26. The summed E-state index contributed by atoms with van der Waals surface area (Å²) in [7, 11) is -6.76. The number of hydrogen-bond donors (Lipinski definition) is 1. The van der Waals surface area contributed by atoms with Crippen molar-refractivity contribution in [3.05, 3.63) is 99.8 Å². The largest absolute Gasteiger partial charge is 0.496 e. The SMILES string of the molecule is COc1ccccc1-c1ccc(S(=O)(=O)N(F)c2nnc(CC(=O)N3CCOCC3)s2)cc1.Cc1ccc(-c2ccc(S(=O)(=O)Nc3nnc(CC(=O)N4CCOCC4)s3)cc2)s1. The van der Waals surface area contributed by atoms with Crippen LogP contribution in [0.15, 0.2) is 94.7 Å². The predicted molar refractivity (Wildman–Crippen MR) is 237 cm³/mol. The van der Waals surface area contributed by atoms with Gasteiger partial charge in [-0.05, 0) is 60.5 Å². The zero-order valence-corrected chi connectivity index (χ0v) is 38.0. The van der Waals surface area contributed by atoms with Crippen molar-refractivity contribution < 1.29 is 45.1 Å². The molecule has 2 fully saturated rings. The quantitative estimate of drug-likeness (QED) is 0.143. The number of rotatable bonds is 13. The minimum absolute atomic E-state index is 0.0664. The van der Waals surface area contributed by atoms with Crippen LogP contribution in [-0.2, 0) is 52.0 Å². The number of carbonyl (C=O) groups is 2. The number of halogens is 1. The third kappa shape index (κ3) is 11.4. The smallest absolute Gasteiger partial charge is 0.292 e. The highest BCUT2D eigenvalue weighted by atomic mass is 32.2. The van der Waals surface area contributed by atoms with Crippen molar-refractivity contribution >= 4 is 76.1 Å². The van der Waals surface area contributed by atoms with Gasteiger partial charge in [-0.2, -0.15) is 8.42 Å². The van der Waals surface area contributed by atoms with Gasteiger partial charge in [0.15, 0.2) is 0 Å². The van der Waals surface area contributed by atoms with Gasteiger partial charge >= 0.3 is 0 Å². The highest BCUT2D eigenvalue weighted by Gasteiger charge is 2.30. The van der Waals surface area contributed by atoms with Crippen molar-refractivity contribution in [3.63, 3.8) is 0 Å². The molecule has 0 unspecified atom stereocenters. The number of anilines is 2. The Morgan fingerprint density at radius 1 is 0.714 bits per heavy atom. The number of ether oxygens (including phenoxy) is 3. The van der Waals surface area contributed by atoms with E-state index in [1.165, 1.54) is 17.0 Å². The number of para-hydroxylation sites is 1. The summed E-state index contributed by atoms with van der Waals surface area (Å²) in [4.78, 5) is 30.2. The van der Waals surface area contributed by atoms with Gasteiger partial charge in [0.05, 0.1) is 56.2 Å². The molecule has 3 aromatic heterocycles. The van der Waals surface area contributed by atoms with Crippen LogP contribution < -0.4 is 14.0 Å². The Balaban J connectivity index is 0.000000190. The number of methoxy groups -OCH3 is 1. The average molecular weight is 957 g/mol. The minimum atomic E-state index is -4.51. The molecular formula is C40H41FN8O9S5. The summed E-state index contributed by atoms with van der Waals surface area (Å²) in [6, 6.07) is 23.8.